The molecule has 1 saturated carbocycles. The van der Waals surface area contributed by atoms with Gasteiger partial charge in [-0.25, -0.2) is 9.97 Å². The monoisotopic (exact) mass is 344 g/mol. The Kier molecular flexibility index (Phi) is 4.72. The first-order chi connectivity index (χ1) is 10.9. The Labute approximate surface area is 136 Å². The minimum absolute atomic E-state index is 0.271. The molecule has 8 heteroatoms. The number of rotatable bonds is 4. The Morgan fingerprint density at radius 1 is 1.26 bits per heavy atom. The zero-order chi connectivity index (χ0) is 16.4. The average molecular weight is 344 g/mol. The fraction of sp³-hybridized carbons (Fsp3) is 0.600. The van der Waals surface area contributed by atoms with E-state index >= 15 is 0 Å². The summed E-state index contributed by atoms with van der Waals surface area (Å²) in [5, 5.41) is 7.37. The molecular formula is C15H19F3N4S. The lowest BCUT2D eigenvalue weighted by atomic mass is 9.91. The van der Waals surface area contributed by atoms with Crippen LogP contribution in [0.25, 0.3) is 10.2 Å². The molecule has 0 radical (unpaired) electrons. The van der Waals surface area contributed by atoms with Crippen molar-refractivity contribution in [2.24, 2.45) is 0 Å². The molecule has 2 unspecified atom stereocenters. The molecule has 0 amide bonds. The van der Waals surface area contributed by atoms with Crippen LogP contribution in [0.2, 0.25) is 0 Å². The fourth-order valence-corrected chi connectivity index (χ4v) is 4.11. The molecule has 0 aliphatic heterocycles. The van der Waals surface area contributed by atoms with E-state index in [4.69, 9.17) is 0 Å². The van der Waals surface area contributed by atoms with Crippen molar-refractivity contribution in [3.05, 3.63) is 17.3 Å². The number of thiophene rings is 1. The Balaban J connectivity index is 1.80. The van der Waals surface area contributed by atoms with Gasteiger partial charge in [0.15, 0.2) is 0 Å². The first-order valence-electron chi connectivity index (χ1n) is 7.68. The fourth-order valence-electron chi connectivity index (χ4n) is 3.08. The van der Waals surface area contributed by atoms with Gasteiger partial charge in [0.1, 0.15) is 17.0 Å². The van der Waals surface area contributed by atoms with Gasteiger partial charge < -0.3 is 10.6 Å². The summed E-state index contributed by atoms with van der Waals surface area (Å²) in [5.74, 6) is 0.640. The number of hydrogen-bond acceptors (Lipinski definition) is 5. The van der Waals surface area contributed by atoms with Crippen LogP contribution in [0, 0.1) is 0 Å². The van der Waals surface area contributed by atoms with E-state index in [0.29, 0.717) is 22.1 Å². The van der Waals surface area contributed by atoms with Gasteiger partial charge in [-0.1, -0.05) is 0 Å². The molecule has 1 fully saturated rings. The van der Waals surface area contributed by atoms with Crippen molar-refractivity contribution in [3.8, 4) is 0 Å². The van der Waals surface area contributed by atoms with Crippen molar-refractivity contribution in [1.29, 1.82) is 0 Å². The molecule has 0 spiro atoms. The molecule has 0 saturated heterocycles. The van der Waals surface area contributed by atoms with E-state index in [1.54, 1.807) is 6.07 Å². The lowest BCUT2D eigenvalue weighted by molar-refractivity contribution is -0.126. The van der Waals surface area contributed by atoms with Crippen LogP contribution in [0.3, 0.4) is 0 Å². The molecule has 2 aromatic rings. The third-order valence-electron chi connectivity index (χ3n) is 4.18. The molecule has 2 atom stereocenters. The number of nitrogens with one attached hydrogen (secondary N) is 2. The predicted molar refractivity (Wildman–Crippen MR) is 85.9 cm³/mol. The molecule has 23 heavy (non-hydrogen) atoms. The number of anilines is 1. The van der Waals surface area contributed by atoms with Crippen LogP contribution < -0.4 is 10.6 Å². The normalized spacial score (nSPS) is 22.4. The van der Waals surface area contributed by atoms with Gasteiger partial charge in [0.25, 0.3) is 0 Å². The molecule has 3 rings (SSSR count). The number of fused-ring (bicyclic) bond motifs is 1. The van der Waals surface area contributed by atoms with Crippen LogP contribution in [-0.4, -0.2) is 35.3 Å². The van der Waals surface area contributed by atoms with E-state index in [1.807, 2.05) is 7.05 Å². The first kappa shape index (κ1) is 16.4. The number of halogens is 3. The Morgan fingerprint density at radius 3 is 2.78 bits per heavy atom. The lowest BCUT2D eigenvalue weighted by Crippen LogP contribution is -2.37. The molecule has 2 heterocycles. The summed E-state index contributed by atoms with van der Waals surface area (Å²) < 4.78 is 37.7. The molecular weight excluding hydrogens is 325 g/mol. The Bertz CT molecular complexity index is 670. The van der Waals surface area contributed by atoms with Crippen molar-refractivity contribution in [3.63, 3.8) is 0 Å². The van der Waals surface area contributed by atoms with Crippen LogP contribution in [0.5, 0.6) is 0 Å². The third-order valence-corrected chi connectivity index (χ3v) is 5.22. The third kappa shape index (κ3) is 4.11. The van der Waals surface area contributed by atoms with Crippen LogP contribution in [-0.2, 0) is 6.42 Å². The Hall–Kier alpha value is -1.41. The van der Waals surface area contributed by atoms with Crippen LogP contribution in [0.15, 0.2) is 12.4 Å². The highest BCUT2D eigenvalue weighted by molar-refractivity contribution is 7.18. The largest absolute Gasteiger partial charge is 0.393 e. The predicted octanol–water partition coefficient (Wildman–Crippen LogP) is 3.74. The standard InChI is InChI=1S/C15H19F3N4S/c1-19-9-3-2-4-10(5-9)22-13-12-6-11(7-15(16,17)18)23-14(12)21-8-20-13/h6,8-10,19H,2-5,7H2,1H3,(H,20,21,22). The van der Waals surface area contributed by atoms with Gasteiger partial charge in [-0.15, -0.1) is 11.3 Å². The number of alkyl halides is 3. The molecule has 4 nitrogen and oxygen atoms in total. The molecule has 1 aliphatic carbocycles. The topological polar surface area (TPSA) is 49.8 Å². The van der Waals surface area contributed by atoms with Crippen molar-refractivity contribution < 1.29 is 13.2 Å². The van der Waals surface area contributed by atoms with E-state index in [1.165, 1.54) is 6.33 Å². The number of aromatic nitrogens is 2. The average Bonchev–Trinajstić information content (AvgIpc) is 2.89. The van der Waals surface area contributed by atoms with E-state index in [0.717, 1.165) is 37.0 Å². The van der Waals surface area contributed by atoms with Crippen molar-refractivity contribution in [1.82, 2.24) is 15.3 Å². The second kappa shape index (κ2) is 6.60. The molecule has 0 bridgehead atoms. The SMILES string of the molecule is CNC1CCCC(Nc2ncnc3sc(CC(F)(F)F)cc23)C1. The van der Waals surface area contributed by atoms with E-state index in [-0.39, 0.29) is 10.9 Å². The number of nitrogens with zero attached hydrogens (tertiary/aromatic N) is 2. The zero-order valence-electron chi connectivity index (χ0n) is 12.8. The Morgan fingerprint density at radius 2 is 2.04 bits per heavy atom. The summed E-state index contributed by atoms with van der Waals surface area (Å²) in [6, 6.07) is 2.32. The molecule has 2 N–H and O–H groups in total. The summed E-state index contributed by atoms with van der Waals surface area (Å²) >= 11 is 1.08. The zero-order valence-corrected chi connectivity index (χ0v) is 13.6. The van der Waals surface area contributed by atoms with E-state index in [2.05, 4.69) is 20.6 Å². The lowest BCUT2D eigenvalue weighted by Gasteiger charge is -2.29. The smallest absolute Gasteiger partial charge is 0.367 e. The first-order valence-corrected chi connectivity index (χ1v) is 8.50. The summed E-state index contributed by atoms with van der Waals surface area (Å²) in [4.78, 5) is 9.22. The van der Waals surface area contributed by atoms with Gasteiger partial charge in [0, 0.05) is 17.0 Å². The molecule has 0 aromatic carbocycles. The summed E-state index contributed by atoms with van der Waals surface area (Å²) in [6.45, 7) is 0. The second-order valence-electron chi connectivity index (χ2n) is 5.94. The highest BCUT2D eigenvalue weighted by Crippen LogP contribution is 2.33. The van der Waals surface area contributed by atoms with E-state index in [9.17, 15) is 13.2 Å². The minimum Gasteiger partial charge on any atom is -0.367 e. The highest BCUT2D eigenvalue weighted by atomic mass is 32.1. The van der Waals surface area contributed by atoms with Crippen molar-refractivity contribution in [2.75, 3.05) is 12.4 Å². The van der Waals surface area contributed by atoms with Gasteiger partial charge in [-0.3, -0.25) is 0 Å². The summed E-state index contributed by atoms with van der Waals surface area (Å²) in [7, 11) is 1.96. The highest BCUT2D eigenvalue weighted by Gasteiger charge is 2.29. The van der Waals surface area contributed by atoms with Gasteiger partial charge in [0.05, 0.1) is 11.8 Å². The molecule has 1 aliphatic rings. The minimum atomic E-state index is -4.20. The molecule has 126 valence electrons. The van der Waals surface area contributed by atoms with Crippen LogP contribution in [0.4, 0.5) is 19.0 Å². The van der Waals surface area contributed by atoms with Crippen LogP contribution >= 0.6 is 11.3 Å². The van der Waals surface area contributed by atoms with Gasteiger partial charge in [-0.2, -0.15) is 13.2 Å². The number of hydrogen-bond donors (Lipinski definition) is 2. The maximum atomic E-state index is 12.6. The quantitative estimate of drug-likeness (QED) is 0.887. The van der Waals surface area contributed by atoms with Crippen LogP contribution in [0.1, 0.15) is 30.6 Å². The van der Waals surface area contributed by atoms with Gasteiger partial charge in [-0.05, 0) is 38.8 Å². The van der Waals surface area contributed by atoms with Gasteiger partial charge >= 0.3 is 6.18 Å². The summed E-state index contributed by atoms with van der Waals surface area (Å²) in [6.07, 6.45) is 0.605. The maximum Gasteiger partial charge on any atom is 0.393 e. The second-order valence-corrected chi connectivity index (χ2v) is 7.05. The van der Waals surface area contributed by atoms with Crippen molar-refractivity contribution in [2.45, 2.75) is 50.4 Å². The molecule has 2 aromatic heterocycles. The van der Waals surface area contributed by atoms with Gasteiger partial charge in [0.2, 0.25) is 0 Å². The summed E-state index contributed by atoms with van der Waals surface area (Å²) in [5.41, 5.74) is 0. The maximum absolute atomic E-state index is 12.6. The van der Waals surface area contributed by atoms with Crippen molar-refractivity contribution >= 4 is 27.4 Å². The van der Waals surface area contributed by atoms with E-state index < -0.39 is 12.6 Å².